The molecule has 3 atom stereocenters. The van der Waals surface area contributed by atoms with E-state index in [0.717, 1.165) is 23.7 Å². The van der Waals surface area contributed by atoms with E-state index in [9.17, 15) is 8.42 Å². The molecule has 0 saturated heterocycles. The highest BCUT2D eigenvalue weighted by molar-refractivity contribution is 9.10. The molecule has 1 aromatic rings. The van der Waals surface area contributed by atoms with Crippen LogP contribution in [0.3, 0.4) is 0 Å². The summed E-state index contributed by atoms with van der Waals surface area (Å²) in [6.07, 6.45) is 5.46. The van der Waals surface area contributed by atoms with Gasteiger partial charge in [-0.15, -0.1) is 0 Å². The van der Waals surface area contributed by atoms with Crippen molar-refractivity contribution < 1.29 is 12.6 Å². The van der Waals surface area contributed by atoms with Gasteiger partial charge in [0.25, 0.3) is 10.1 Å². The van der Waals surface area contributed by atoms with Crippen molar-refractivity contribution in [3.63, 3.8) is 0 Å². The summed E-state index contributed by atoms with van der Waals surface area (Å²) in [5, 5.41) is 0. The SMILES string of the molecule is O=S(=O)(OC1CCC2CCCC21)c1ccc(Br)cc1. The third-order valence-electron chi connectivity index (χ3n) is 4.37. The Morgan fingerprint density at radius 2 is 1.79 bits per heavy atom. The van der Waals surface area contributed by atoms with Crippen LogP contribution in [0.2, 0.25) is 0 Å². The molecule has 0 aromatic heterocycles. The van der Waals surface area contributed by atoms with Gasteiger partial charge in [0.15, 0.2) is 0 Å². The van der Waals surface area contributed by atoms with Crippen LogP contribution in [0.1, 0.15) is 32.1 Å². The van der Waals surface area contributed by atoms with Gasteiger partial charge in [-0.1, -0.05) is 28.8 Å². The average molecular weight is 345 g/mol. The molecule has 2 saturated carbocycles. The van der Waals surface area contributed by atoms with Crippen molar-refractivity contribution in [3.05, 3.63) is 28.7 Å². The summed E-state index contributed by atoms with van der Waals surface area (Å²) < 4.78 is 30.9. The zero-order chi connectivity index (χ0) is 13.5. The molecule has 3 rings (SSSR count). The minimum absolute atomic E-state index is 0.110. The first-order valence-corrected chi connectivity index (χ1v) is 8.95. The highest BCUT2D eigenvalue weighted by Gasteiger charge is 2.41. The van der Waals surface area contributed by atoms with Gasteiger partial charge in [0, 0.05) is 4.47 Å². The Labute approximate surface area is 122 Å². The first kappa shape index (κ1) is 13.6. The molecule has 0 amide bonds. The normalized spacial score (nSPS) is 30.5. The molecule has 0 spiro atoms. The number of rotatable bonds is 3. The smallest absolute Gasteiger partial charge is 0.263 e. The fourth-order valence-corrected chi connectivity index (χ4v) is 4.85. The second-order valence-corrected chi connectivity index (χ2v) is 7.96. The predicted octanol–water partition coefficient (Wildman–Crippen LogP) is 3.73. The molecule has 0 bridgehead atoms. The molecule has 19 heavy (non-hydrogen) atoms. The Balaban J connectivity index is 1.76. The van der Waals surface area contributed by atoms with E-state index in [1.807, 2.05) is 0 Å². The van der Waals surface area contributed by atoms with Crippen molar-refractivity contribution in [3.8, 4) is 0 Å². The summed E-state index contributed by atoms with van der Waals surface area (Å²) in [6, 6.07) is 6.62. The van der Waals surface area contributed by atoms with E-state index in [-0.39, 0.29) is 11.0 Å². The molecule has 2 aliphatic rings. The largest absolute Gasteiger partial charge is 0.297 e. The standard InChI is InChI=1S/C14H17BrO3S/c15-11-5-7-12(8-6-11)19(16,17)18-14-9-4-10-2-1-3-13(10)14/h5-8,10,13-14H,1-4,9H2. The summed E-state index contributed by atoms with van der Waals surface area (Å²) in [5.74, 6) is 1.13. The second kappa shape index (κ2) is 5.19. The van der Waals surface area contributed by atoms with Crippen molar-refractivity contribution >= 4 is 26.0 Å². The maximum absolute atomic E-state index is 12.3. The van der Waals surface area contributed by atoms with Crippen molar-refractivity contribution in [2.24, 2.45) is 11.8 Å². The van der Waals surface area contributed by atoms with Crippen LogP contribution in [-0.4, -0.2) is 14.5 Å². The molecule has 2 aliphatic carbocycles. The molecular formula is C14H17BrO3S. The van der Waals surface area contributed by atoms with E-state index in [4.69, 9.17) is 4.18 Å². The number of benzene rings is 1. The maximum Gasteiger partial charge on any atom is 0.297 e. The third kappa shape index (κ3) is 2.73. The fourth-order valence-electron chi connectivity index (χ4n) is 3.44. The molecule has 1 aromatic carbocycles. The van der Waals surface area contributed by atoms with Gasteiger partial charge in [-0.2, -0.15) is 8.42 Å². The Morgan fingerprint density at radius 3 is 2.53 bits per heavy atom. The zero-order valence-electron chi connectivity index (χ0n) is 10.6. The molecule has 3 nitrogen and oxygen atoms in total. The minimum atomic E-state index is -3.62. The van der Waals surface area contributed by atoms with Gasteiger partial charge >= 0.3 is 0 Å². The third-order valence-corrected chi connectivity index (χ3v) is 6.25. The van der Waals surface area contributed by atoms with Crippen LogP contribution >= 0.6 is 15.9 Å². The molecule has 104 valence electrons. The quantitative estimate of drug-likeness (QED) is 0.784. The van der Waals surface area contributed by atoms with Crippen LogP contribution in [0.5, 0.6) is 0 Å². The molecular weight excluding hydrogens is 328 g/mol. The lowest BCUT2D eigenvalue weighted by atomic mass is 9.99. The van der Waals surface area contributed by atoms with Crippen molar-refractivity contribution in [1.82, 2.24) is 0 Å². The fraction of sp³-hybridized carbons (Fsp3) is 0.571. The van der Waals surface area contributed by atoms with Crippen LogP contribution in [0.25, 0.3) is 0 Å². The van der Waals surface area contributed by atoms with E-state index in [1.54, 1.807) is 24.3 Å². The monoisotopic (exact) mass is 344 g/mol. The molecule has 2 fully saturated rings. The lowest BCUT2D eigenvalue weighted by Crippen LogP contribution is -2.23. The van der Waals surface area contributed by atoms with Crippen LogP contribution < -0.4 is 0 Å². The van der Waals surface area contributed by atoms with Crippen molar-refractivity contribution in [2.45, 2.75) is 43.1 Å². The Kier molecular flexibility index (Phi) is 3.71. The summed E-state index contributed by atoms with van der Waals surface area (Å²) in [6.45, 7) is 0. The van der Waals surface area contributed by atoms with Crippen molar-refractivity contribution in [1.29, 1.82) is 0 Å². The van der Waals surface area contributed by atoms with Gasteiger partial charge in [-0.05, 0) is 55.4 Å². The highest BCUT2D eigenvalue weighted by Crippen LogP contribution is 2.46. The van der Waals surface area contributed by atoms with Crippen LogP contribution in [0.15, 0.2) is 33.6 Å². The summed E-state index contributed by atoms with van der Waals surface area (Å²) >= 11 is 3.30. The lowest BCUT2D eigenvalue weighted by Gasteiger charge is -2.18. The van der Waals surface area contributed by atoms with E-state index in [0.29, 0.717) is 11.8 Å². The van der Waals surface area contributed by atoms with Gasteiger partial charge in [0.2, 0.25) is 0 Å². The highest BCUT2D eigenvalue weighted by atomic mass is 79.9. The maximum atomic E-state index is 12.3. The lowest BCUT2D eigenvalue weighted by molar-refractivity contribution is 0.159. The van der Waals surface area contributed by atoms with Gasteiger partial charge in [-0.3, -0.25) is 4.18 Å². The number of fused-ring (bicyclic) bond motifs is 1. The average Bonchev–Trinajstić information content (AvgIpc) is 2.95. The van der Waals surface area contributed by atoms with Crippen LogP contribution in [0.4, 0.5) is 0 Å². The Bertz CT molecular complexity index is 553. The summed E-state index contributed by atoms with van der Waals surface area (Å²) in [7, 11) is -3.62. The summed E-state index contributed by atoms with van der Waals surface area (Å²) in [4.78, 5) is 0.247. The Morgan fingerprint density at radius 1 is 1.05 bits per heavy atom. The molecule has 0 heterocycles. The first-order valence-electron chi connectivity index (χ1n) is 6.75. The van der Waals surface area contributed by atoms with E-state index >= 15 is 0 Å². The zero-order valence-corrected chi connectivity index (χ0v) is 13.0. The van der Waals surface area contributed by atoms with Gasteiger partial charge in [-0.25, -0.2) is 0 Å². The second-order valence-electron chi connectivity index (χ2n) is 5.47. The minimum Gasteiger partial charge on any atom is -0.263 e. The van der Waals surface area contributed by atoms with E-state index in [1.165, 1.54) is 12.8 Å². The molecule has 5 heteroatoms. The summed E-state index contributed by atoms with van der Waals surface area (Å²) in [5.41, 5.74) is 0. The van der Waals surface area contributed by atoms with Crippen LogP contribution in [0, 0.1) is 11.8 Å². The number of hydrogen-bond acceptors (Lipinski definition) is 3. The van der Waals surface area contributed by atoms with Gasteiger partial charge < -0.3 is 0 Å². The Hall–Kier alpha value is -0.390. The van der Waals surface area contributed by atoms with Crippen LogP contribution in [-0.2, 0) is 14.3 Å². The van der Waals surface area contributed by atoms with E-state index < -0.39 is 10.1 Å². The topological polar surface area (TPSA) is 43.4 Å². The predicted molar refractivity (Wildman–Crippen MR) is 76.3 cm³/mol. The first-order chi connectivity index (χ1) is 9.06. The van der Waals surface area contributed by atoms with E-state index in [2.05, 4.69) is 15.9 Å². The molecule has 3 unspecified atom stereocenters. The van der Waals surface area contributed by atoms with Gasteiger partial charge in [0.1, 0.15) is 0 Å². The molecule has 0 N–H and O–H groups in total. The molecule has 0 radical (unpaired) electrons. The van der Waals surface area contributed by atoms with Crippen molar-refractivity contribution in [2.75, 3.05) is 0 Å². The molecule has 0 aliphatic heterocycles. The number of hydrogen-bond donors (Lipinski definition) is 0. The number of halogens is 1. The van der Waals surface area contributed by atoms with Gasteiger partial charge in [0.05, 0.1) is 11.0 Å².